The van der Waals surface area contributed by atoms with E-state index in [4.69, 9.17) is 4.74 Å². The van der Waals surface area contributed by atoms with Gasteiger partial charge in [0.25, 0.3) is 12.3 Å². The van der Waals surface area contributed by atoms with Gasteiger partial charge in [0.1, 0.15) is 30.9 Å². The van der Waals surface area contributed by atoms with E-state index in [-0.39, 0.29) is 43.1 Å². The normalized spacial score (nSPS) is 32.9. The summed E-state index contributed by atoms with van der Waals surface area (Å²) in [5, 5.41) is 15.4. The van der Waals surface area contributed by atoms with Crippen LogP contribution < -0.4 is 15.4 Å². The van der Waals surface area contributed by atoms with E-state index in [1.54, 1.807) is 12.1 Å². The van der Waals surface area contributed by atoms with Crippen molar-refractivity contribution in [2.24, 2.45) is 29.1 Å². The summed E-state index contributed by atoms with van der Waals surface area (Å²) in [4.78, 5) is 60.0. The minimum Gasteiger partial charge on any atom is -0.472 e. The van der Waals surface area contributed by atoms with Crippen LogP contribution in [0.5, 0.6) is 5.75 Å². The number of nitrogens with one attached hydrogen (secondary N) is 2. The van der Waals surface area contributed by atoms with E-state index in [2.05, 4.69) is 26.4 Å². The molecule has 4 amide bonds. The van der Waals surface area contributed by atoms with Gasteiger partial charge >= 0.3 is 0 Å². The molecule has 2 bridgehead atoms. The highest BCUT2D eigenvalue weighted by atomic mass is 19.3. The SMILES string of the molecule is CC(C)(C)C(NC=O)C(=O)N1CC2C3CC(F)C(C3)C2C1C(=O)N1CC2(CC1C#N)Oc1cccnc1NC2=O.COCC(F)F. The summed E-state index contributed by atoms with van der Waals surface area (Å²) in [7, 11) is 1.24. The Labute approximate surface area is 264 Å². The molecule has 2 saturated heterocycles. The summed E-state index contributed by atoms with van der Waals surface area (Å²) in [6.07, 6.45) is -0.365. The molecule has 1 aromatic heterocycles. The molecule has 0 radical (unpaired) electrons. The first kappa shape index (κ1) is 33.4. The maximum atomic E-state index is 15.1. The van der Waals surface area contributed by atoms with Crippen LogP contribution in [-0.4, -0.2) is 102 Å². The van der Waals surface area contributed by atoms with E-state index in [9.17, 15) is 33.2 Å². The zero-order chi connectivity index (χ0) is 33.6. The molecule has 5 aliphatic rings. The molecule has 2 N–H and O–H groups in total. The van der Waals surface area contributed by atoms with E-state index >= 15 is 4.39 Å². The molecule has 15 heteroatoms. The summed E-state index contributed by atoms with van der Waals surface area (Å²) in [6.45, 7) is 5.10. The zero-order valence-corrected chi connectivity index (χ0v) is 26.1. The van der Waals surface area contributed by atoms with Gasteiger partial charge in [-0.2, -0.15) is 5.26 Å². The minimum absolute atomic E-state index is 0.0453. The smallest absolute Gasteiger partial charge is 0.271 e. The van der Waals surface area contributed by atoms with Crippen molar-refractivity contribution in [2.45, 2.75) is 76.4 Å². The first-order valence-corrected chi connectivity index (χ1v) is 15.3. The number of anilines is 1. The lowest BCUT2D eigenvalue weighted by Crippen LogP contribution is -2.59. The highest BCUT2D eigenvalue weighted by Crippen LogP contribution is 2.59. The van der Waals surface area contributed by atoms with Crippen LogP contribution in [0, 0.1) is 40.4 Å². The van der Waals surface area contributed by atoms with E-state index in [1.807, 2.05) is 20.8 Å². The Balaban J connectivity index is 0.000000635. The van der Waals surface area contributed by atoms with Crippen molar-refractivity contribution >= 4 is 29.9 Å². The molecule has 250 valence electrons. The molecule has 2 aliphatic carbocycles. The third-order valence-corrected chi connectivity index (χ3v) is 9.92. The summed E-state index contributed by atoms with van der Waals surface area (Å²) >= 11 is 0. The molecular formula is C31H39F3N6O6. The van der Waals surface area contributed by atoms with Crippen LogP contribution in [0.25, 0.3) is 0 Å². The van der Waals surface area contributed by atoms with Crippen LogP contribution in [0.1, 0.15) is 40.0 Å². The number of nitrogens with zero attached hydrogens (tertiary/aromatic N) is 4. The van der Waals surface area contributed by atoms with Gasteiger partial charge in [-0.15, -0.1) is 0 Å². The maximum absolute atomic E-state index is 15.1. The first-order valence-electron chi connectivity index (χ1n) is 15.3. The third-order valence-electron chi connectivity index (χ3n) is 9.92. The second-order valence-electron chi connectivity index (χ2n) is 13.7. The molecule has 9 unspecified atom stereocenters. The number of halogens is 3. The molecule has 4 heterocycles. The summed E-state index contributed by atoms with van der Waals surface area (Å²) in [5.41, 5.74) is -2.14. The van der Waals surface area contributed by atoms with E-state index in [0.717, 1.165) is 0 Å². The lowest BCUT2D eigenvalue weighted by Gasteiger charge is -2.38. The molecule has 3 aliphatic heterocycles. The Morgan fingerprint density at radius 1 is 1.30 bits per heavy atom. The van der Waals surface area contributed by atoms with E-state index in [1.165, 1.54) is 23.1 Å². The fraction of sp³-hybridized carbons (Fsp3) is 0.677. The molecule has 4 fully saturated rings. The fourth-order valence-corrected chi connectivity index (χ4v) is 7.97. The van der Waals surface area contributed by atoms with Crippen molar-refractivity contribution in [3.8, 4) is 11.8 Å². The molecule has 1 spiro atoms. The van der Waals surface area contributed by atoms with Crippen LogP contribution in [0.2, 0.25) is 0 Å². The zero-order valence-electron chi connectivity index (χ0n) is 26.1. The van der Waals surface area contributed by atoms with Gasteiger partial charge in [-0.3, -0.25) is 19.2 Å². The molecule has 12 nitrogen and oxygen atoms in total. The Morgan fingerprint density at radius 3 is 2.65 bits per heavy atom. The van der Waals surface area contributed by atoms with Crippen molar-refractivity contribution in [2.75, 3.05) is 32.1 Å². The second kappa shape index (κ2) is 12.7. The second-order valence-corrected chi connectivity index (χ2v) is 13.7. The average molecular weight is 649 g/mol. The number of carbonyl (C=O) groups is 4. The van der Waals surface area contributed by atoms with Crippen molar-refractivity contribution in [3.63, 3.8) is 0 Å². The lowest BCUT2D eigenvalue weighted by molar-refractivity contribution is -0.149. The van der Waals surface area contributed by atoms with Crippen molar-refractivity contribution in [1.82, 2.24) is 20.1 Å². The highest BCUT2D eigenvalue weighted by Gasteiger charge is 2.65. The van der Waals surface area contributed by atoms with Crippen molar-refractivity contribution in [3.05, 3.63) is 18.3 Å². The molecule has 2 saturated carbocycles. The number of alkyl halides is 3. The molecule has 9 atom stereocenters. The predicted octanol–water partition coefficient (Wildman–Crippen LogP) is 2.16. The van der Waals surface area contributed by atoms with Gasteiger partial charge in [-0.25, -0.2) is 18.2 Å². The van der Waals surface area contributed by atoms with Crippen molar-refractivity contribution in [1.29, 1.82) is 5.26 Å². The Bertz CT molecular complexity index is 1400. The van der Waals surface area contributed by atoms with Crippen LogP contribution in [0.15, 0.2) is 18.3 Å². The Hall–Kier alpha value is -3.93. The molecular weight excluding hydrogens is 609 g/mol. The standard InChI is InChI=1S/C28H33FN6O5.C3H6F2O/c1-27(2,3)22(32-13-36)25(38)34-11-17-14-7-16(18(29)8-14)20(17)21(34)24(37)35-12-28(9-15(35)10-30)26(39)33-23-19(40-28)5-4-6-31-23;1-6-2-3(4)5/h4-6,13-18,20-22H,7-9,11-12H2,1-3H3,(H,32,36)(H,31,33,39);3H,2H2,1H3. The number of hydrogen-bond acceptors (Lipinski definition) is 8. The third kappa shape index (κ3) is 5.87. The van der Waals surface area contributed by atoms with Crippen LogP contribution in [0.4, 0.5) is 19.0 Å². The monoisotopic (exact) mass is 648 g/mol. The maximum Gasteiger partial charge on any atom is 0.271 e. The number of amides is 4. The predicted molar refractivity (Wildman–Crippen MR) is 156 cm³/mol. The lowest BCUT2D eigenvalue weighted by atomic mass is 9.77. The number of hydrogen-bond donors (Lipinski definition) is 2. The molecule has 46 heavy (non-hydrogen) atoms. The molecule has 1 aromatic rings. The highest BCUT2D eigenvalue weighted by molar-refractivity contribution is 6.01. The van der Waals surface area contributed by atoms with Crippen molar-refractivity contribution < 1.29 is 41.8 Å². The van der Waals surface area contributed by atoms with Gasteiger partial charge < -0.3 is 29.9 Å². The number of methoxy groups -OCH3 is 1. The Kier molecular flexibility index (Phi) is 9.23. The molecule has 0 aromatic carbocycles. The van der Waals surface area contributed by atoms with E-state index < -0.39 is 72.0 Å². The van der Waals surface area contributed by atoms with Crippen LogP contribution >= 0.6 is 0 Å². The Morgan fingerprint density at radius 2 is 2.04 bits per heavy atom. The van der Waals surface area contributed by atoms with Crippen LogP contribution in [-0.2, 0) is 23.9 Å². The number of rotatable bonds is 6. The molecule has 6 rings (SSSR count). The summed E-state index contributed by atoms with van der Waals surface area (Å²) < 4.78 is 47.0. The first-order chi connectivity index (χ1) is 21.8. The summed E-state index contributed by atoms with van der Waals surface area (Å²) in [5.74, 6) is -1.53. The van der Waals surface area contributed by atoms with E-state index in [0.29, 0.717) is 25.0 Å². The fourth-order valence-electron chi connectivity index (χ4n) is 7.97. The quantitative estimate of drug-likeness (QED) is 0.445. The number of aromatic nitrogens is 1. The minimum atomic E-state index is -2.32. The number of ether oxygens (including phenoxy) is 2. The van der Waals surface area contributed by atoms with Gasteiger partial charge in [-0.05, 0) is 54.1 Å². The largest absolute Gasteiger partial charge is 0.472 e. The average Bonchev–Trinajstić information content (AvgIpc) is 3.75. The number of likely N-dealkylation sites (tertiary alicyclic amines) is 2. The van der Waals surface area contributed by atoms with Crippen LogP contribution in [0.3, 0.4) is 0 Å². The van der Waals surface area contributed by atoms with Gasteiger partial charge in [0.05, 0.1) is 12.6 Å². The number of fused-ring (bicyclic) bond motifs is 6. The van der Waals surface area contributed by atoms with Gasteiger partial charge in [0, 0.05) is 26.3 Å². The summed E-state index contributed by atoms with van der Waals surface area (Å²) in [6, 6.07) is 2.57. The van der Waals surface area contributed by atoms with Gasteiger partial charge in [0.2, 0.25) is 23.8 Å². The topological polar surface area (TPSA) is 154 Å². The number of nitriles is 1. The number of pyridine rings is 1. The number of carbonyl (C=O) groups excluding carboxylic acids is 4. The van der Waals surface area contributed by atoms with Gasteiger partial charge in [0.15, 0.2) is 11.6 Å². The van der Waals surface area contributed by atoms with Gasteiger partial charge in [-0.1, -0.05) is 20.8 Å².